The molecule has 0 aromatic carbocycles. The van der Waals surface area contributed by atoms with Gasteiger partial charge in [0.2, 0.25) is 0 Å². The van der Waals surface area contributed by atoms with E-state index in [0.29, 0.717) is 6.04 Å². The van der Waals surface area contributed by atoms with Gasteiger partial charge >= 0.3 is 0 Å². The number of thiophene rings is 1. The zero-order valence-corrected chi connectivity index (χ0v) is 12.3. The van der Waals surface area contributed by atoms with E-state index in [4.69, 9.17) is 0 Å². The fourth-order valence-corrected chi connectivity index (χ4v) is 2.93. The number of hydrogen-bond acceptors (Lipinski definition) is 3. The maximum absolute atomic E-state index is 4.50. The van der Waals surface area contributed by atoms with Crippen molar-refractivity contribution >= 4 is 21.6 Å². The minimum atomic E-state index is 0.379. The summed E-state index contributed by atoms with van der Waals surface area (Å²) in [4.78, 5) is 4.50. The lowest BCUT2D eigenvalue weighted by Gasteiger charge is -2.18. The Bertz CT molecular complexity index is 488. The molecule has 98 valence electrons. The Balaban J connectivity index is 2.01. The summed E-state index contributed by atoms with van der Waals surface area (Å²) in [5.41, 5.74) is 2.40. The van der Waals surface area contributed by atoms with Crippen molar-refractivity contribution in [2.75, 3.05) is 6.54 Å². The SMILES string of the molecule is CCC(CC)CNC(C)c1cnc2ccsc2c1. The molecule has 2 rings (SSSR count). The minimum Gasteiger partial charge on any atom is -0.310 e. The summed E-state index contributed by atoms with van der Waals surface area (Å²) in [5.74, 6) is 0.783. The molecule has 0 saturated heterocycles. The van der Waals surface area contributed by atoms with Crippen LogP contribution in [0.1, 0.15) is 45.2 Å². The van der Waals surface area contributed by atoms with E-state index in [1.807, 2.05) is 6.20 Å². The number of pyridine rings is 1. The van der Waals surface area contributed by atoms with Gasteiger partial charge in [-0.25, -0.2) is 0 Å². The first-order valence-electron chi connectivity index (χ1n) is 6.81. The quantitative estimate of drug-likeness (QED) is 0.835. The van der Waals surface area contributed by atoms with Crippen LogP contribution < -0.4 is 5.32 Å². The molecular formula is C15H22N2S. The summed E-state index contributed by atoms with van der Waals surface area (Å²) in [6, 6.07) is 4.72. The van der Waals surface area contributed by atoms with E-state index in [0.717, 1.165) is 18.0 Å². The molecule has 0 aliphatic carbocycles. The molecule has 0 spiro atoms. The average molecular weight is 262 g/mol. The van der Waals surface area contributed by atoms with E-state index < -0.39 is 0 Å². The van der Waals surface area contributed by atoms with Crippen LogP contribution in [0.5, 0.6) is 0 Å². The highest BCUT2D eigenvalue weighted by atomic mass is 32.1. The van der Waals surface area contributed by atoms with Gasteiger partial charge in [0, 0.05) is 12.2 Å². The predicted octanol–water partition coefficient (Wildman–Crippen LogP) is 4.38. The Morgan fingerprint density at radius 2 is 2.11 bits per heavy atom. The number of rotatable bonds is 6. The summed E-state index contributed by atoms with van der Waals surface area (Å²) >= 11 is 1.76. The number of fused-ring (bicyclic) bond motifs is 1. The fraction of sp³-hybridized carbons (Fsp3) is 0.533. The first-order valence-corrected chi connectivity index (χ1v) is 7.69. The van der Waals surface area contributed by atoms with Crippen LogP contribution in [0.15, 0.2) is 23.7 Å². The monoisotopic (exact) mass is 262 g/mol. The van der Waals surface area contributed by atoms with Crippen LogP contribution in [0.4, 0.5) is 0 Å². The Morgan fingerprint density at radius 3 is 2.83 bits per heavy atom. The molecule has 0 saturated carbocycles. The molecule has 2 nitrogen and oxygen atoms in total. The van der Waals surface area contributed by atoms with Crippen LogP contribution in [-0.4, -0.2) is 11.5 Å². The molecule has 0 aliphatic heterocycles. The largest absolute Gasteiger partial charge is 0.310 e. The number of hydrogen-bond donors (Lipinski definition) is 1. The fourth-order valence-electron chi connectivity index (χ4n) is 2.14. The summed E-state index contributed by atoms with van der Waals surface area (Å²) in [7, 11) is 0. The summed E-state index contributed by atoms with van der Waals surface area (Å²) in [6.07, 6.45) is 4.50. The minimum absolute atomic E-state index is 0.379. The molecule has 2 aromatic rings. The lowest BCUT2D eigenvalue weighted by atomic mass is 10.0. The van der Waals surface area contributed by atoms with E-state index in [-0.39, 0.29) is 0 Å². The maximum atomic E-state index is 4.50. The van der Waals surface area contributed by atoms with Crippen molar-refractivity contribution in [2.24, 2.45) is 5.92 Å². The molecule has 0 bridgehead atoms. The van der Waals surface area contributed by atoms with Crippen molar-refractivity contribution in [1.82, 2.24) is 10.3 Å². The summed E-state index contributed by atoms with van der Waals surface area (Å²) < 4.78 is 1.28. The van der Waals surface area contributed by atoms with Gasteiger partial charge in [0.1, 0.15) is 0 Å². The van der Waals surface area contributed by atoms with Crippen molar-refractivity contribution in [2.45, 2.75) is 39.7 Å². The van der Waals surface area contributed by atoms with E-state index in [1.54, 1.807) is 11.3 Å². The highest BCUT2D eigenvalue weighted by Gasteiger charge is 2.09. The molecule has 1 unspecified atom stereocenters. The molecule has 0 radical (unpaired) electrons. The number of aromatic nitrogens is 1. The van der Waals surface area contributed by atoms with Gasteiger partial charge < -0.3 is 5.32 Å². The molecule has 0 fully saturated rings. The van der Waals surface area contributed by atoms with Crippen molar-refractivity contribution in [3.63, 3.8) is 0 Å². The Hall–Kier alpha value is -0.930. The highest BCUT2D eigenvalue weighted by Crippen LogP contribution is 2.22. The highest BCUT2D eigenvalue weighted by molar-refractivity contribution is 7.17. The smallest absolute Gasteiger partial charge is 0.0809 e. The van der Waals surface area contributed by atoms with Crippen molar-refractivity contribution in [1.29, 1.82) is 0 Å². The molecule has 2 aromatic heterocycles. The third-order valence-electron chi connectivity index (χ3n) is 3.69. The first kappa shape index (κ1) is 13.5. The van der Waals surface area contributed by atoms with Gasteiger partial charge in [0.15, 0.2) is 0 Å². The third kappa shape index (κ3) is 3.09. The van der Waals surface area contributed by atoms with E-state index in [2.05, 4.69) is 48.6 Å². The second-order valence-electron chi connectivity index (χ2n) is 4.89. The number of nitrogens with one attached hydrogen (secondary N) is 1. The lowest BCUT2D eigenvalue weighted by molar-refractivity contribution is 0.422. The van der Waals surface area contributed by atoms with Crippen molar-refractivity contribution in [3.05, 3.63) is 29.3 Å². The van der Waals surface area contributed by atoms with Gasteiger partial charge in [-0.1, -0.05) is 26.7 Å². The maximum Gasteiger partial charge on any atom is 0.0809 e. The molecule has 0 aliphatic rings. The standard InChI is InChI=1S/C15H22N2S/c1-4-12(5-2)9-16-11(3)13-8-15-14(17-10-13)6-7-18-15/h6-8,10-12,16H,4-5,9H2,1-3H3. The Kier molecular flexibility index (Phi) is 4.72. The summed E-state index contributed by atoms with van der Waals surface area (Å²) in [5, 5.41) is 5.72. The van der Waals surface area contributed by atoms with Crippen molar-refractivity contribution in [3.8, 4) is 0 Å². The molecule has 1 atom stereocenters. The van der Waals surface area contributed by atoms with Gasteiger partial charge in [-0.3, -0.25) is 4.98 Å². The van der Waals surface area contributed by atoms with Crippen LogP contribution in [0, 0.1) is 5.92 Å². The average Bonchev–Trinajstić information content (AvgIpc) is 2.86. The van der Waals surface area contributed by atoms with E-state index >= 15 is 0 Å². The van der Waals surface area contributed by atoms with Gasteiger partial charge in [-0.15, -0.1) is 11.3 Å². The first-order chi connectivity index (χ1) is 8.74. The van der Waals surface area contributed by atoms with Crippen LogP contribution >= 0.6 is 11.3 Å². The third-order valence-corrected chi connectivity index (χ3v) is 4.54. The van der Waals surface area contributed by atoms with E-state index in [9.17, 15) is 0 Å². The molecular weight excluding hydrogens is 240 g/mol. The zero-order chi connectivity index (χ0) is 13.0. The van der Waals surface area contributed by atoms with Crippen LogP contribution in [0.25, 0.3) is 10.2 Å². The molecule has 1 N–H and O–H groups in total. The second-order valence-corrected chi connectivity index (χ2v) is 5.83. The normalized spacial score (nSPS) is 13.3. The van der Waals surface area contributed by atoms with E-state index in [1.165, 1.54) is 23.1 Å². The van der Waals surface area contributed by atoms with Gasteiger partial charge in [-0.2, -0.15) is 0 Å². The molecule has 18 heavy (non-hydrogen) atoms. The van der Waals surface area contributed by atoms with Gasteiger partial charge in [0.05, 0.1) is 10.2 Å². The molecule has 0 amide bonds. The molecule has 3 heteroatoms. The van der Waals surface area contributed by atoms with Crippen molar-refractivity contribution < 1.29 is 0 Å². The Morgan fingerprint density at radius 1 is 1.33 bits per heavy atom. The predicted molar refractivity (Wildman–Crippen MR) is 80.1 cm³/mol. The molecule has 2 heterocycles. The number of nitrogens with zero attached hydrogens (tertiary/aromatic N) is 1. The Labute approximate surface area is 113 Å². The van der Waals surface area contributed by atoms with Crippen LogP contribution in [0.2, 0.25) is 0 Å². The van der Waals surface area contributed by atoms with Crippen LogP contribution in [0.3, 0.4) is 0 Å². The lowest BCUT2D eigenvalue weighted by Crippen LogP contribution is -2.25. The van der Waals surface area contributed by atoms with Gasteiger partial charge in [0.25, 0.3) is 0 Å². The summed E-state index contributed by atoms with van der Waals surface area (Å²) in [6.45, 7) is 7.84. The van der Waals surface area contributed by atoms with Crippen LogP contribution in [-0.2, 0) is 0 Å². The zero-order valence-electron chi connectivity index (χ0n) is 11.4. The van der Waals surface area contributed by atoms with Gasteiger partial charge in [-0.05, 0) is 42.5 Å². The topological polar surface area (TPSA) is 24.9 Å². The second kappa shape index (κ2) is 6.30.